The quantitative estimate of drug-likeness (QED) is 0.766. The number of nitrogens with zero attached hydrogens (tertiary/aromatic N) is 1. The molecule has 1 unspecified atom stereocenters. The first kappa shape index (κ1) is 15.0. The summed E-state index contributed by atoms with van der Waals surface area (Å²) < 4.78 is 5.24. The molecule has 102 valence electrons. The van der Waals surface area contributed by atoms with E-state index in [1.807, 2.05) is 0 Å². The number of methoxy groups -OCH3 is 1. The normalized spacial score (nSPS) is 12.4. The topological polar surface area (TPSA) is 24.5 Å². The van der Waals surface area contributed by atoms with Gasteiger partial charge in [-0.25, -0.2) is 0 Å². The number of anilines is 1. The van der Waals surface area contributed by atoms with Crippen molar-refractivity contribution in [3.63, 3.8) is 0 Å². The molecule has 0 aliphatic carbocycles. The molecule has 0 fully saturated rings. The lowest BCUT2D eigenvalue weighted by Crippen LogP contribution is -2.42. The SMILES string of the molecule is CCNC(COC)CN(C)c1ccc(CC)cc1. The summed E-state index contributed by atoms with van der Waals surface area (Å²) >= 11 is 0. The van der Waals surface area contributed by atoms with Crippen molar-refractivity contribution < 1.29 is 4.74 Å². The van der Waals surface area contributed by atoms with Crippen molar-refractivity contribution in [3.05, 3.63) is 29.8 Å². The van der Waals surface area contributed by atoms with E-state index in [-0.39, 0.29) is 0 Å². The maximum atomic E-state index is 5.24. The summed E-state index contributed by atoms with van der Waals surface area (Å²) in [5.74, 6) is 0. The minimum Gasteiger partial charge on any atom is -0.383 e. The van der Waals surface area contributed by atoms with Gasteiger partial charge in [-0.3, -0.25) is 0 Å². The Labute approximate surface area is 111 Å². The zero-order valence-electron chi connectivity index (χ0n) is 12.1. The number of ether oxygens (including phenoxy) is 1. The van der Waals surface area contributed by atoms with Crippen molar-refractivity contribution in [2.75, 3.05) is 38.8 Å². The molecule has 0 bridgehead atoms. The minimum absolute atomic E-state index is 0.371. The van der Waals surface area contributed by atoms with Crippen LogP contribution in [0.15, 0.2) is 24.3 Å². The molecule has 0 spiro atoms. The fourth-order valence-electron chi connectivity index (χ4n) is 2.09. The Bertz CT molecular complexity index is 318. The minimum atomic E-state index is 0.371. The van der Waals surface area contributed by atoms with Gasteiger partial charge in [0.15, 0.2) is 0 Å². The van der Waals surface area contributed by atoms with Gasteiger partial charge >= 0.3 is 0 Å². The predicted molar refractivity (Wildman–Crippen MR) is 78.4 cm³/mol. The molecule has 3 nitrogen and oxygen atoms in total. The summed E-state index contributed by atoms with van der Waals surface area (Å²) in [4.78, 5) is 2.27. The van der Waals surface area contributed by atoms with Gasteiger partial charge in [0.25, 0.3) is 0 Å². The summed E-state index contributed by atoms with van der Waals surface area (Å²) in [5, 5.41) is 3.44. The van der Waals surface area contributed by atoms with Crippen LogP contribution >= 0.6 is 0 Å². The highest BCUT2D eigenvalue weighted by Gasteiger charge is 2.10. The summed E-state index contributed by atoms with van der Waals surface area (Å²) in [6, 6.07) is 9.15. The van der Waals surface area contributed by atoms with E-state index in [0.717, 1.165) is 26.1 Å². The van der Waals surface area contributed by atoms with Gasteiger partial charge in [-0.2, -0.15) is 0 Å². The summed E-state index contributed by atoms with van der Waals surface area (Å²) in [6.45, 7) is 6.96. The van der Waals surface area contributed by atoms with E-state index in [1.54, 1.807) is 7.11 Å². The Morgan fingerprint density at radius 1 is 1.22 bits per heavy atom. The third kappa shape index (κ3) is 4.67. The predicted octanol–water partition coefficient (Wildman–Crippen LogP) is 2.31. The van der Waals surface area contributed by atoms with E-state index < -0.39 is 0 Å². The van der Waals surface area contributed by atoms with Crippen LogP contribution in [0.25, 0.3) is 0 Å². The van der Waals surface area contributed by atoms with E-state index in [9.17, 15) is 0 Å². The van der Waals surface area contributed by atoms with Crippen molar-refractivity contribution in [2.45, 2.75) is 26.3 Å². The maximum Gasteiger partial charge on any atom is 0.0633 e. The second kappa shape index (κ2) is 8.11. The molecule has 18 heavy (non-hydrogen) atoms. The maximum absolute atomic E-state index is 5.24. The van der Waals surface area contributed by atoms with Crippen LogP contribution in [-0.4, -0.2) is 39.9 Å². The Morgan fingerprint density at radius 2 is 1.89 bits per heavy atom. The third-order valence-corrected chi connectivity index (χ3v) is 3.14. The lowest BCUT2D eigenvalue weighted by molar-refractivity contribution is 0.169. The van der Waals surface area contributed by atoms with Crippen molar-refractivity contribution in [1.29, 1.82) is 0 Å². The van der Waals surface area contributed by atoms with E-state index in [1.165, 1.54) is 11.3 Å². The monoisotopic (exact) mass is 250 g/mol. The van der Waals surface area contributed by atoms with Crippen molar-refractivity contribution in [2.24, 2.45) is 0 Å². The van der Waals surface area contributed by atoms with Crippen LogP contribution in [0.2, 0.25) is 0 Å². The van der Waals surface area contributed by atoms with Crippen molar-refractivity contribution in [3.8, 4) is 0 Å². The van der Waals surface area contributed by atoms with Crippen LogP contribution < -0.4 is 10.2 Å². The van der Waals surface area contributed by atoms with Gasteiger partial charge < -0.3 is 15.0 Å². The number of hydrogen-bond donors (Lipinski definition) is 1. The van der Waals surface area contributed by atoms with Gasteiger partial charge in [-0.1, -0.05) is 26.0 Å². The molecule has 1 aromatic carbocycles. The average molecular weight is 250 g/mol. The largest absolute Gasteiger partial charge is 0.383 e. The van der Waals surface area contributed by atoms with Crippen LogP contribution in [-0.2, 0) is 11.2 Å². The first-order valence-corrected chi connectivity index (χ1v) is 6.73. The molecule has 1 aromatic rings. The molecule has 0 heterocycles. The smallest absolute Gasteiger partial charge is 0.0633 e. The van der Waals surface area contributed by atoms with Crippen molar-refractivity contribution in [1.82, 2.24) is 5.32 Å². The highest BCUT2D eigenvalue weighted by molar-refractivity contribution is 5.47. The number of hydrogen-bond acceptors (Lipinski definition) is 3. The Hall–Kier alpha value is -1.06. The average Bonchev–Trinajstić information content (AvgIpc) is 2.39. The molecule has 1 atom stereocenters. The molecule has 0 amide bonds. The highest BCUT2D eigenvalue weighted by atomic mass is 16.5. The summed E-state index contributed by atoms with van der Waals surface area (Å²) in [5.41, 5.74) is 2.64. The third-order valence-electron chi connectivity index (χ3n) is 3.14. The Morgan fingerprint density at radius 3 is 2.39 bits per heavy atom. The zero-order chi connectivity index (χ0) is 13.4. The number of aryl methyl sites for hydroxylation is 1. The molecule has 1 rings (SSSR count). The second-order valence-corrected chi connectivity index (χ2v) is 4.61. The Kier molecular flexibility index (Phi) is 6.76. The van der Waals surface area contributed by atoms with Crippen LogP contribution in [0.4, 0.5) is 5.69 Å². The van der Waals surface area contributed by atoms with Crippen LogP contribution in [0, 0.1) is 0 Å². The van der Waals surface area contributed by atoms with Gasteiger partial charge in [0.2, 0.25) is 0 Å². The second-order valence-electron chi connectivity index (χ2n) is 4.61. The van der Waals surface area contributed by atoms with Crippen LogP contribution in [0.3, 0.4) is 0 Å². The first-order valence-electron chi connectivity index (χ1n) is 6.73. The molecule has 0 aromatic heterocycles. The molecule has 1 N–H and O–H groups in total. The van der Waals surface area contributed by atoms with E-state index in [4.69, 9.17) is 4.74 Å². The van der Waals surface area contributed by atoms with Crippen LogP contribution in [0.1, 0.15) is 19.4 Å². The molecule has 0 saturated carbocycles. The lowest BCUT2D eigenvalue weighted by Gasteiger charge is -2.26. The van der Waals surface area contributed by atoms with Gasteiger partial charge in [0, 0.05) is 32.4 Å². The van der Waals surface area contributed by atoms with Gasteiger partial charge in [0.05, 0.1) is 6.61 Å². The number of benzene rings is 1. The number of rotatable bonds is 8. The lowest BCUT2D eigenvalue weighted by atomic mass is 10.1. The fourth-order valence-corrected chi connectivity index (χ4v) is 2.09. The molecule has 0 aliphatic rings. The van der Waals surface area contributed by atoms with E-state index >= 15 is 0 Å². The fraction of sp³-hybridized carbons (Fsp3) is 0.600. The number of nitrogens with one attached hydrogen (secondary N) is 1. The zero-order valence-corrected chi connectivity index (χ0v) is 12.1. The summed E-state index contributed by atoms with van der Waals surface area (Å²) in [7, 11) is 3.88. The molecule has 0 aliphatic heterocycles. The van der Waals surface area contributed by atoms with E-state index in [0.29, 0.717) is 6.04 Å². The van der Waals surface area contributed by atoms with Gasteiger partial charge in [-0.15, -0.1) is 0 Å². The summed E-state index contributed by atoms with van der Waals surface area (Å²) in [6.07, 6.45) is 1.09. The molecule has 0 radical (unpaired) electrons. The first-order chi connectivity index (χ1) is 8.71. The van der Waals surface area contributed by atoms with E-state index in [2.05, 4.69) is 55.4 Å². The van der Waals surface area contributed by atoms with Crippen LogP contribution in [0.5, 0.6) is 0 Å². The highest BCUT2D eigenvalue weighted by Crippen LogP contribution is 2.14. The Balaban J connectivity index is 2.58. The van der Waals surface area contributed by atoms with Gasteiger partial charge in [-0.05, 0) is 30.7 Å². The molecule has 0 saturated heterocycles. The number of likely N-dealkylation sites (N-methyl/N-ethyl adjacent to an activating group) is 2. The standard InChI is InChI=1S/C15H26N2O/c1-5-13-7-9-15(10-8-13)17(3)11-14(12-18-4)16-6-2/h7-10,14,16H,5-6,11-12H2,1-4H3. The molecule has 3 heteroatoms. The molecular formula is C15H26N2O. The van der Waals surface area contributed by atoms with Gasteiger partial charge in [0.1, 0.15) is 0 Å². The molecular weight excluding hydrogens is 224 g/mol. The van der Waals surface area contributed by atoms with Crippen molar-refractivity contribution >= 4 is 5.69 Å².